The standard InChI is InChI=1S/C18H27N3O2/c1-13-10-21(11-14(2)23-13)12-15-5-3-4-6-17(15)19-9-18(22)20-16-7-8-16/h3-6,13-14,16,19H,7-12H2,1-2H3,(H,20,22)/t13-,14+. The minimum atomic E-state index is 0.0796. The van der Waals surface area contributed by atoms with Crippen molar-refractivity contribution in [1.29, 1.82) is 0 Å². The summed E-state index contributed by atoms with van der Waals surface area (Å²) in [4.78, 5) is 14.3. The van der Waals surface area contributed by atoms with Gasteiger partial charge in [-0.15, -0.1) is 0 Å². The molecule has 2 atom stereocenters. The number of carbonyl (C=O) groups excluding carboxylic acids is 1. The molecule has 1 heterocycles. The van der Waals surface area contributed by atoms with Gasteiger partial charge >= 0.3 is 0 Å². The van der Waals surface area contributed by atoms with Gasteiger partial charge in [0.15, 0.2) is 0 Å². The second-order valence-corrected chi connectivity index (χ2v) is 6.80. The van der Waals surface area contributed by atoms with Crippen molar-refractivity contribution in [3.8, 4) is 0 Å². The summed E-state index contributed by atoms with van der Waals surface area (Å²) in [7, 11) is 0. The molecule has 1 aromatic carbocycles. The molecule has 5 nitrogen and oxygen atoms in total. The first-order valence-corrected chi connectivity index (χ1v) is 8.59. The van der Waals surface area contributed by atoms with Crippen LogP contribution in [0.5, 0.6) is 0 Å². The summed E-state index contributed by atoms with van der Waals surface area (Å²) in [5.41, 5.74) is 2.28. The van der Waals surface area contributed by atoms with Crippen molar-refractivity contribution in [1.82, 2.24) is 10.2 Å². The van der Waals surface area contributed by atoms with E-state index in [9.17, 15) is 4.79 Å². The first-order chi connectivity index (χ1) is 11.1. The summed E-state index contributed by atoms with van der Waals surface area (Å²) >= 11 is 0. The van der Waals surface area contributed by atoms with Gasteiger partial charge < -0.3 is 15.4 Å². The Balaban J connectivity index is 1.57. The van der Waals surface area contributed by atoms with Gasteiger partial charge in [0.2, 0.25) is 5.91 Å². The minimum Gasteiger partial charge on any atom is -0.376 e. The summed E-state index contributed by atoms with van der Waals surface area (Å²) in [5, 5.41) is 6.30. The van der Waals surface area contributed by atoms with Gasteiger partial charge in [0.25, 0.3) is 0 Å². The summed E-state index contributed by atoms with van der Waals surface area (Å²) in [6, 6.07) is 8.66. The van der Waals surface area contributed by atoms with E-state index in [1.54, 1.807) is 0 Å². The lowest BCUT2D eigenvalue weighted by Crippen LogP contribution is -2.44. The molecule has 3 rings (SSSR count). The Kier molecular flexibility index (Phi) is 5.18. The normalized spacial score (nSPS) is 25.1. The minimum absolute atomic E-state index is 0.0796. The molecule has 5 heteroatoms. The molecule has 1 aliphatic heterocycles. The van der Waals surface area contributed by atoms with Crippen molar-refractivity contribution in [2.45, 2.75) is 51.5 Å². The second kappa shape index (κ2) is 7.32. The average molecular weight is 317 g/mol. The predicted octanol–water partition coefficient (Wildman–Crippen LogP) is 1.99. The van der Waals surface area contributed by atoms with Crippen LogP contribution >= 0.6 is 0 Å². The molecule has 1 saturated heterocycles. The highest BCUT2D eigenvalue weighted by molar-refractivity contribution is 5.81. The van der Waals surface area contributed by atoms with Crippen LogP contribution in [0.25, 0.3) is 0 Å². The third-order valence-electron chi connectivity index (χ3n) is 4.29. The molecule has 1 saturated carbocycles. The lowest BCUT2D eigenvalue weighted by Gasteiger charge is -2.35. The third-order valence-corrected chi connectivity index (χ3v) is 4.29. The zero-order valence-corrected chi connectivity index (χ0v) is 14.0. The van der Waals surface area contributed by atoms with Gasteiger partial charge in [0.1, 0.15) is 0 Å². The summed E-state index contributed by atoms with van der Waals surface area (Å²) in [6.07, 6.45) is 2.78. The van der Waals surface area contributed by atoms with Gasteiger partial charge in [-0.1, -0.05) is 18.2 Å². The fraction of sp³-hybridized carbons (Fsp3) is 0.611. The van der Waals surface area contributed by atoms with Gasteiger partial charge in [-0.25, -0.2) is 0 Å². The number of nitrogens with one attached hydrogen (secondary N) is 2. The van der Waals surface area contributed by atoms with E-state index in [0.717, 1.165) is 38.2 Å². The van der Waals surface area contributed by atoms with Crippen LogP contribution in [-0.2, 0) is 16.1 Å². The van der Waals surface area contributed by atoms with E-state index in [4.69, 9.17) is 4.74 Å². The van der Waals surface area contributed by atoms with Crippen molar-refractivity contribution in [3.63, 3.8) is 0 Å². The molecule has 0 bridgehead atoms. The quantitative estimate of drug-likeness (QED) is 0.842. The van der Waals surface area contributed by atoms with Crippen LogP contribution in [0, 0.1) is 0 Å². The van der Waals surface area contributed by atoms with Gasteiger partial charge in [-0.05, 0) is 38.3 Å². The first kappa shape index (κ1) is 16.3. The van der Waals surface area contributed by atoms with Crippen LogP contribution in [0.1, 0.15) is 32.3 Å². The highest BCUT2D eigenvalue weighted by Crippen LogP contribution is 2.21. The largest absolute Gasteiger partial charge is 0.376 e. The number of benzene rings is 1. The second-order valence-electron chi connectivity index (χ2n) is 6.80. The zero-order chi connectivity index (χ0) is 16.2. The molecular weight excluding hydrogens is 290 g/mol. The Morgan fingerprint density at radius 1 is 1.22 bits per heavy atom. The van der Waals surface area contributed by atoms with Crippen LogP contribution in [0.2, 0.25) is 0 Å². The van der Waals surface area contributed by atoms with E-state index >= 15 is 0 Å². The number of para-hydroxylation sites is 1. The molecule has 1 amide bonds. The number of nitrogens with zero attached hydrogens (tertiary/aromatic N) is 1. The van der Waals surface area contributed by atoms with E-state index in [2.05, 4.69) is 41.5 Å². The smallest absolute Gasteiger partial charge is 0.239 e. The highest BCUT2D eigenvalue weighted by Gasteiger charge is 2.24. The molecule has 0 radical (unpaired) electrons. The number of hydrogen-bond acceptors (Lipinski definition) is 4. The molecular formula is C18H27N3O2. The van der Waals surface area contributed by atoms with E-state index in [-0.39, 0.29) is 18.1 Å². The van der Waals surface area contributed by atoms with Gasteiger partial charge in [0.05, 0.1) is 18.8 Å². The number of ether oxygens (including phenoxy) is 1. The molecule has 1 aromatic rings. The van der Waals surface area contributed by atoms with E-state index < -0.39 is 0 Å². The molecule has 1 aliphatic carbocycles. The lowest BCUT2D eigenvalue weighted by molar-refractivity contribution is -0.119. The van der Waals surface area contributed by atoms with Gasteiger partial charge in [0, 0.05) is 31.4 Å². The average Bonchev–Trinajstić information content (AvgIpc) is 3.29. The van der Waals surface area contributed by atoms with E-state index in [1.807, 2.05) is 12.1 Å². The Labute approximate surface area is 138 Å². The number of amides is 1. The van der Waals surface area contributed by atoms with Crippen LogP contribution in [-0.4, -0.2) is 48.7 Å². The fourth-order valence-corrected chi connectivity index (χ4v) is 3.17. The Morgan fingerprint density at radius 3 is 2.61 bits per heavy atom. The number of morpholine rings is 1. The molecule has 126 valence electrons. The van der Waals surface area contributed by atoms with Crippen molar-refractivity contribution in [2.24, 2.45) is 0 Å². The molecule has 23 heavy (non-hydrogen) atoms. The summed E-state index contributed by atoms with van der Waals surface area (Å²) in [5.74, 6) is 0.0796. The maximum absolute atomic E-state index is 11.9. The molecule has 2 fully saturated rings. The van der Waals surface area contributed by atoms with Crippen molar-refractivity contribution >= 4 is 11.6 Å². The summed E-state index contributed by atoms with van der Waals surface area (Å²) in [6.45, 7) is 7.35. The number of rotatable bonds is 6. The molecule has 0 aromatic heterocycles. The van der Waals surface area contributed by atoms with Gasteiger partial charge in [-0.2, -0.15) is 0 Å². The molecule has 2 aliphatic rings. The SMILES string of the molecule is C[C@@H]1CN(Cc2ccccc2NCC(=O)NC2CC2)C[C@H](C)O1. The molecule has 0 unspecified atom stereocenters. The Bertz CT molecular complexity index is 535. The summed E-state index contributed by atoms with van der Waals surface area (Å²) < 4.78 is 5.80. The Morgan fingerprint density at radius 2 is 1.91 bits per heavy atom. The number of hydrogen-bond donors (Lipinski definition) is 2. The molecule has 2 N–H and O–H groups in total. The fourth-order valence-electron chi connectivity index (χ4n) is 3.17. The third kappa shape index (κ3) is 4.94. The first-order valence-electron chi connectivity index (χ1n) is 8.59. The van der Waals surface area contributed by atoms with Crippen LogP contribution < -0.4 is 10.6 Å². The highest BCUT2D eigenvalue weighted by atomic mass is 16.5. The van der Waals surface area contributed by atoms with E-state index in [1.165, 1.54) is 5.56 Å². The monoisotopic (exact) mass is 317 g/mol. The Hall–Kier alpha value is -1.59. The topological polar surface area (TPSA) is 53.6 Å². The van der Waals surface area contributed by atoms with Crippen LogP contribution in [0.3, 0.4) is 0 Å². The van der Waals surface area contributed by atoms with Crippen molar-refractivity contribution in [2.75, 3.05) is 25.0 Å². The van der Waals surface area contributed by atoms with Crippen molar-refractivity contribution < 1.29 is 9.53 Å². The maximum Gasteiger partial charge on any atom is 0.239 e. The molecule has 0 spiro atoms. The van der Waals surface area contributed by atoms with Crippen molar-refractivity contribution in [3.05, 3.63) is 29.8 Å². The predicted molar refractivity (Wildman–Crippen MR) is 91.4 cm³/mol. The zero-order valence-electron chi connectivity index (χ0n) is 14.0. The lowest BCUT2D eigenvalue weighted by atomic mass is 10.1. The van der Waals surface area contributed by atoms with Crippen LogP contribution in [0.15, 0.2) is 24.3 Å². The maximum atomic E-state index is 11.9. The van der Waals surface area contributed by atoms with Gasteiger partial charge in [-0.3, -0.25) is 9.69 Å². The number of carbonyl (C=O) groups is 1. The number of anilines is 1. The van der Waals surface area contributed by atoms with Crippen LogP contribution in [0.4, 0.5) is 5.69 Å². The van der Waals surface area contributed by atoms with E-state index in [0.29, 0.717) is 12.6 Å².